The number of nitro groups is 1. The Morgan fingerprint density at radius 1 is 1.04 bits per heavy atom. The van der Waals surface area contributed by atoms with E-state index in [1.807, 2.05) is 0 Å². The van der Waals surface area contributed by atoms with Crippen molar-refractivity contribution in [2.75, 3.05) is 0 Å². The Morgan fingerprint density at radius 3 is 2.41 bits per heavy atom. The highest BCUT2D eigenvalue weighted by molar-refractivity contribution is 7.91. The van der Waals surface area contributed by atoms with Crippen LogP contribution in [-0.2, 0) is 9.84 Å². The first kappa shape index (κ1) is 17.0. The van der Waals surface area contributed by atoms with Gasteiger partial charge in [-0.1, -0.05) is 47.5 Å². The van der Waals surface area contributed by atoms with Crippen LogP contribution in [-0.4, -0.2) is 28.0 Å². The van der Waals surface area contributed by atoms with E-state index in [2.05, 4.69) is 4.98 Å². The van der Waals surface area contributed by atoms with E-state index in [1.54, 1.807) is 59.4 Å². The lowest BCUT2D eigenvalue weighted by Crippen LogP contribution is -2.38. The molecule has 0 saturated carbocycles. The van der Waals surface area contributed by atoms with Gasteiger partial charge in [-0.3, -0.25) is 0 Å². The summed E-state index contributed by atoms with van der Waals surface area (Å²) in [5, 5.41) is 10.2. The highest BCUT2D eigenvalue weighted by atomic mass is 32.2. The summed E-state index contributed by atoms with van der Waals surface area (Å²) in [4.78, 5) is 15.8. The SMILES string of the molecule is O=[N+]([O-])N1C=C(n2ccnc2)c2ccccc2C1S(=O)(=O)c1ccccc1. The topological polar surface area (TPSA) is 98.3 Å². The molecule has 0 bridgehead atoms. The van der Waals surface area contributed by atoms with Crippen molar-refractivity contribution in [2.45, 2.75) is 10.3 Å². The van der Waals surface area contributed by atoms with E-state index in [4.69, 9.17) is 0 Å². The summed E-state index contributed by atoms with van der Waals surface area (Å²) in [6.45, 7) is 0. The average Bonchev–Trinajstić information content (AvgIpc) is 3.21. The minimum absolute atomic E-state index is 0.0242. The van der Waals surface area contributed by atoms with Gasteiger partial charge in [-0.15, -0.1) is 0 Å². The van der Waals surface area contributed by atoms with Crippen LogP contribution in [0.15, 0.2) is 84.4 Å². The third kappa shape index (κ3) is 2.77. The molecular formula is C18H14N4O4S. The van der Waals surface area contributed by atoms with E-state index in [0.29, 0.717) is 21.8 Å². The Kier molecular flexibility index (Phi) is 4.00. The highest BCUT2D eigenvalue weighted by Gasteiger charge is 2.44. The summed E-state index contributed by atoms with van der Waals surface area (Å²) in [7, 11) is -4.05. The smallest absolute Gasteiger partial charge is 0.225 e. The lowest BCUT2D eigenvalue weighted by Gasteiger charge is -2.29. The van der Waals surface area contributed by atoms with Crippen LogP contribution in [0.3, 0.4) is 0 Å². The molecule has 1 aliphatic rings. The van der Waals surface area contributed by atoms with Gasteiger partial charge in [0.05, 0.1) is 23.1 Å². The molecule has 2 heterocycles. The predicted molar refractivity (Wildman–Crippen MR) is 97.2 cm³/mol. The molecule has 9 heteroatoms. The molecule has 0 aliphatic carbocycles. The third-order valence-corrected chi connectivity index (χ3v) is 6.32. The number of imidazole rings is 1. The summed E-state index contributed by atoms with van der Waals surface area (Å²) in [5.41, 5.74) is 1.40. The number of sulfone groups is 1. The second-order valence-corrected chi connectivity index (χ2v) is 7.91. The molecule has 3 aromatic rings. The van der Waals surface area contributed by atoms with Gasteiger partial charge in [0.1, 0.15) is 0 Å². The van der Waals surface area contributed by atoms with Crippen LogP contribution in [0.2, 0.25) is 0 Å². The normalized spacial score (nSPS) is 16.5. The van der Waals surface area contributed by atoms with Gasteiger partial charge in [-0.05, 0) is 12.1 Å². The molecule has 0 spiro atoms. The summed E-state index contributed by atoms with van der Waals surface area (Å²) in [5.74, 6) is 0. The average molecular weight is 382 g/mol. The van der Waals surface area contributed by atoms with E-state index < -0.39 is 20.2 Å². The number of benzene rings is 2. The Bertz CT molecular complexity index is 1130. The highest BCUT2D eigenvalue weighted by Crippen LogP contribution is 2.40. The molecule has 27 heavy (non-hydrogen) atoms. The molecule has 1 aromatic heterocycles. The molecule has 1 unspecified atom stereocenters. The zero-order valence-corrected chi connectivity index (χ0v) is 14.7. The summed E-state index contributed by atoms with van der Waals surface area (Å²) < 4.78 is 28.1. The first-order valence-electron chi connectivity index (χ1n) is 8.01. The number of fused-ring (bicyclic) bond motifs is 1. The first-order valence-corrected chi connectivity index (χ1v) is 9.56. The lowest BCUT2D eigenvalue weighted by molar-refractivity contribution is -0.645. The van der Waals surface area contributed by atoms with Crippen molar-refractivity contribution < 1.29 is 13.5 Å². The van der Waals surface area contributed by atoms with Crippen LogP contribution < -0.4 is 0 Å². The fourth-order valence-electron chi connectivity index (χ4n) is 3.14. The summed E-state index contributed by atoms with van der Waals surface area (Å²) in [6.07, 6.45) is 5.93. The predicted octanol–water partition coefficient (Wildman–Crippen LogP) is 2.71. The van der Waals surface area contributed by atoms with Crippen molar-refractivity contribution in [3.05, 3.63) is 101 Å². The molecule has 0 saturated heterocycles. The van der Waals surface area contributed by atoms with E-state index >= 15 is 0 Å². The monoisotopic (exact) mass is 382 g/mol. The lowest BCUT2D eigenvalue weighted by atomic mass is 10.0. The summed E-state index contributed by atoms with van der Waals surface area (Å²) >= 11 is 0. The second-order valence-electron chi connectivity index (χ2n) is 5.90. The van der Waals surface area contributed by atoms with Gasteiger partial charge in [0.2, 0.25) is 15.2 Å². The Labute approximate surface area is 155 Å². The van der Waals surface area contributed by atoms with Crippen molar-refractivity contribution in [2.24, 2.45) is 0 Å². The number of hydrogen-bond donors (Lipinski definition) is 0. The Hall–Kier alpha value is -3.46. The van der Waals surface area contributed by atoms with Gasteiger partial charge in [0.25, 0.3) is 0 Å². The van der Waals surface area contributed by atoms with Gasteiger partial charge in [-0.2, -0.15) is 0 Å². The molecule has 0 amide bonds. The first-order chi connectivity index (χ1) is 13.0. The molecule has 1 aliphatic heterocycles. The van der Waals surface area contributed by atoms with Crippen LogP contribution in [0.25, 0.3) is 5.70 Å². The Morgan fingerprint density at radius 2 is 1.74 bits per heavy atom. The number of aromatic nitrogens is 2. The van der Waals surface area contributed by atoms with Crippen LogP contribution in [0.5, 0.6) is 0 Å². The second kappa shape index (κ2) is 6.36. The van der Waals surface area contributed by atoms with Gasteiger partial charge < -0.3 is 4.57 Å². The zero-order chi connectivity index (χ0) is 19.0. The summed E-state index contributed by atoms with van der Waals surface area (Å²) in [6, 6.07) is 14.5. The fraction of sp³-hybridized carbons (Fsp3) is 0.0556. The van der Waals surface area contributed by atoms with Crippen molar-refractivity contribution in [3.8, 4) is 0 Å². The quantitative estimate of drug-likeness (QED) is 0.508. The van der Waals surface area contributed by atoms with Crippen LogP contribution in [0.4, 0.5) is 0 Å². The number of rotatable bonds is 4. The maximum absolute atomic E-state index is 13.3. The van der Waals surface area contributed by atoms with E-state index in [0.717, 1.165) is 0 Å². The third-order valence-electron chi connectivity index (χ3n) is 4.33. The molecule has 0 radical (unpaired) electrons. The van der Waals surface area contributed by atoms with E-state index in [1.165, 1.54) is 24.7 Å². The molecule has 0 fully saturated rings. The standard InChI is InChI=1S/C18H14N4O4S/c23-22(24)21-12-17(20-11-10-19-13-20)15-8-4-5-9-16(15)18(21)27(25,26)14-6-2-1-3-7-14/h1-13,18H. The van der Waals surface area contributed by atoms with E-state index in [-0.39, 0.29) is 4.90 Å². The number of nitrogens with zero attached hydrogens (tertiary/aromatic N) is 4. The van der Waals surface area contributed by atoms with Crippen LogP contribution in [0.1, 0.15) is 16.5 Å². The molecule has 2 aromatic carbocycles. The van der Waals surface area contributed by atoms with Crippen molar-refractivity contribution >= 4 is 15.5 Å². The van der Waals surface area contributed by atoms with Crippen molar-refractivity contribution in [3.63, 3.8) is 0 Å². The van der Waals surface area contributed by atoms with Gasteiger partial charge in [-0.25, -0.2) is 23.5 Å². The van der Waals surface area contributed by atoms with Gasteiger partial charge in [0.15, 0.2) is 5.03 Å². The molecule has 136 valence electrons. The number of hydrogen-bond acceptors (Lipinski definition) is 5. The van der Waals surface area contributed by atoms with Gasteiger partial charge >= 0.3 is 0 Å². The zero-order valence-electron chi connectivity index (χ0n) is 13.9. The van der Waals surface area contributed by atoms with Crippen LogP contribution >= 0.6 is 0 Å². The minimum Gasteiger partial charge on any atom is -0.304 e. The largest absolute Gasteiger partial charge is 0.304 e. The molecular weight excluding hydrogens is 368 g/mol. The maximum Gasteiger partial charge on any atom is 0.225 e. The molecule has 4 rings (SSSR count). The maximum atomic E-state index is 13.3. The van der Waals surface area contributed by atoms with Crippen molar-refractivity contribution in [1.29, 1.82) is 0 Å². The molecule has 1 atom stereocenters. The van der Waals surface area contributed by atoms with Gasteiger partial charge in [0, 0.05) is 23.5 Å². The van der Waals surface area contributed by atoms with Crippen LogP contribution in [0, 0.1) is 10.1 Å². The molecule has 8 nitrogen and oxygen atoms in total. The fourth-order valence-corrected chi connectivity index (χ4v) is 4.90. The van der Waals surface area contributed by atoms with Crippen molar-refractivity contribution in [1.82, 2.24) is 14.6 Å². The number of hydrazine groups is 1. The minimum atomic E-state index is -4.05. The molecule has 0 N–H and O–H groups in total. The Balaban J connectivity index is 1.96. The van der Waals surface area contributed by atoms with E-state index in [9.17, 15) is 18.5 Å².